The molecule has 126 valence electrons. The van der Waals surface area contributed by atoms with Crippen molar-refractivity contribution < 1.29 is 14.0 Å². The standard InChI is InChI=1S/C19H21FN2O2/c1-3-22(13-15-7-5-9-17(20)11-15)18(23)12-21-19(24)16-8-4-6-14(2)10-16/h4-11H,3,12-13H2,1-2H3,(H,21,24). The molecule has 5 heteroatoms. The molecule has 0 radical (unpaired) electrons. The first-order chi connectivity index (χ1) is 11.5. The summed E-state index contributed by atoms with van der Waals surface area (Å²) in [6.07, 6.45) is 0. The first kappa shape index (κ1) is 17.7. The van der Waals surface area contributed by atoms with Gasteiger partial charge in [-0.25, -0.2) is 4.39 Å². The molecule has 0 atom stereocenters. The highest BCUT2D eigenvalue weighted by atomic mass is 19.1. The van der Waals surface area contributed by atoms with Crippen molar-refractivity contribution >= 4 is 11.8 Å². The number of hydrogen-bond donors (Lipinski definition) is 1. The van der Waals surface area contributed by atoms with Crippen molar-refractivity contribution in [1.29, 1.82) is 0 Å². The Balaban J connectivity index is 1.93. The van der Waals surface area contributed by atoms with E-state index in [2.05, 4.69) is 5.32 Å². The van der Waals surface area contributed by atoms with Crippen LogP contribution in [-0.2, 0) is 11.3 Å². The number of likely N-dealkylation sites (N-methyl/N-ethyl adjacent to an activating group) is 1. The van der Waals surface area contributed by atoms with Crippen LogP contribution in [0.4, 0.5) is 4.39 Å². The molecule has 0 aliphatic carbocycles. The SMILES string of the molecule is CCN(Cc1cccc(F)c1)C(=O)CNC(=O)c1cccc(C)c1. The molecule has 0 fully saturated rings. The Morgan fingerprint density at radius 1 is 1.12 bits per heavy atom. The van der Waals surface area contributed by atoms with Gasteiger partial charge >= 0.3 is 0 Å². The van der Waals surface area contributed by atoms with E-state index in [1.807, 2.05) is 19.9 Å². The summed E-state index contributed by atoms with van der Waals surface area (Å²) in [6, 6.07) is 13.3. The lowest BCUT2D eigenvalue weighted by atomic mass is 10.1. The van der Waals surface area contributed by atoms with Gasteiger partial charge in [-0.2, -0.15) is 0 Å². The zero-order chi connectivity index (χ0) is 17.5. The van der Waals surface area contributed by atoms with Crippen LogP contribution < -0.4 is 5.32 Å². The van der Waals surface area contributed by atoms with Crippen LogP contribution in [0.25, 0.3) is 0 Å². The molecule has 2 rings (SSSR count). The largest absolute Gasteiger partial charge is 0.343 e. The van der Waals surface area contributed by atoms with Crippen LogP contribution >= 0.6 is 0 Å². The van der Waals surface area contributed by atoms with Gasteiger partial charge in [0.1, 0.15) is 5.82 Å². The van der Waals surface area contributed by atoms with Gasteiger partial charge in [-0.1, -0.05) is 29.8 Å². The predicted octanol–water partition coefficient (Wildman–Crippen LogP) is 2.91. The Morgan fingerprint density at radius 3 is 2.54 bits per heavy atom. The number of aryl methyl sites for hydroxylation is 1. The number of halogens is 1. The molecule has 1 N–H and O–H groups in total. The van der Waals surface area contributed by atoms with Crippen LogP contribution in [0.3, 0.4) is 0 Å². The molecule has 2 amide bonds. The molecule has 0 unspecified atom stereocenters. The minimum absolute atomic E-state index is 0.0874. The third kappa shape index (κ3) is 4.91. The number of rotatable bonds is 6. The number of amides is 2. The minimum atomic E-state index is -0.330. The van der Waals surface area contributed by atoms with Crippen LogP contribution in [0.1, 0.15) is 28.4 Å². The van der Waals surface area contributed by atoms with Gasteiger partial charge in [0.25, 0.3) is 5.91 Å². The smallest absolute Gasteiger partial charge is 0.251 e. The third-order valence-corrected chi connectivity index (χ3v) is 3.68. The first-order valence-electron chi connectivity index (χ1n) is 7.86. The van der Waals surface area contributed by atoms with Crippen molar-refractivity contribution in [2.24, 2.45) is 0 Å². The molecular weight excluding hydrogens is 307 g/mol. The molecular formula is C19H21FN2O2. The summed E-state index contributed by atoms with van der Waals surface area (Å²) < 4.78 is 13.2. The molecule has 0 aromatic heterocycles. The van der Waals surface area contributed by atoms with Gasteiger partial charge in [-0.05, 0) is 43.7 Å². The number of benzene rings is 2. The summed E-state index contributed by atoms with van der Waals surface area (Å²) in [7, 11) is 0. The highest BCUT2D eigenvalue weighted by Crippen LogP contribution is 2.08. The molecule has 0 aliphatic rings. The van der Waals surface area contributed by atoms with E-state index in [1.54, 1.807) is 35.2 Å². The van der Waals surface area contributed by atoms with Crippen molar-refractivity contribution in [2.45, 2.75) is 20.4 Å². The lowest BCUT2D eigenvalue weighted by Gasteiger charge is -2.21. The molecule has 2 aromatic carbocycles. The molecule has 4 nitrogen and oxygen atoms in total. The zero-order valence-corrected chi connectivity index (χ0v) is 13.9. The summed E-state index contributed by atoms with van der Waals surface area (Å²) in [4.78, 5) is 25.9. The van der Waals surface area contributed by atoms with E-state index in [0.29, 0.717) is 18.7 Å². The topological polar surface area (TPSA) is 49.4 Å². The Kier molecular flexibility index (Phi) is 6.07. The molecule has 0 saturated heterocycles. The van der Waals surface area contributed by atoms with E-state index in [0.717, 1.165) is 11.1 Å². The van der Waals surface area contributed by atoms with E-state index >= 15 is 0 Å². The van der Waals surface area contributed by atoms with E-state index in [1.165, 1.54) is 12.1 Å². The van der Waals surface area contributed by atoms with Crippen LogP contribution in [-0.4, -0.2) is 29.8 Å². The van der Waals surface area contributed by atoms with Gasteiger partial charge < -0.3 is 10.2 Å². The van der Waals surface area contributed by atoms with Crippen molar-refractivity contribution in [1.82, 2.24) is 10.2 Å². The van der Waals surface area contributed by atoms with Gasteiger partial charge in [0.15, 0.2) is 0 Å². The quantitative estimate of drug-likeness (QED) is 0.886. The van der Waals surface area contributed by atoms with Gasteiger partial charge in [-0.15, -0.1) is 0 Å². The van der Waals surface area contributed by atoms with Gasteiger partial charge in [0.05, 0.1) is 6.54 Å². The maximum absolute atomic E-state index is 13.2. The maximum Gasteiger partial charge on any atom is 0.251 e. The van der Waals surface area contributed by atoms with E-state index in [9.17, 15) is 14.0 Å². The van der Waals surface area contributed by atoms with Crippen molar-refractivity contribution in [3.05, 3.63) is 71.0 Å². The third-order valence-electron chi connectivity index (χ3n) is 3.68. The Bertz CT molecular complexity index is 731. The Labute approximate surface area is 141 Å². The fourth-order valence-electron chi connectivity index (χ4n) is 2.39. The molecule has 0 aliphatic heterocycles. The Hall–Kier alpha value is -2.69. The van der Waals surface area contributed by atoms with E-state index in [-0.39, 0.29) is 24.2 Å². The zero-order valence-electron chi connectivity index (χ0n) is 13.9. The Morgan fingerprint density at radius 2 is 1.88 bits per heavy atom. The van der Waals surface area contributed by atoms with Gasteiger partial charge in [0.2, 0.25) is 5.91 Å². The second kappa shape index (κ2) is 8.24. The van der Waals surface area contributed by atoms with E-state index in [4.69, 9.17) is 0 Å². The van der Waals surface area contributed by atoms with Crippen molar-refractivity contribution in [3.8, 4) is 0 Å². The van der Waals surface area contributed by atoms with E-state index < -0.39 is 0 Å². The second-order valence-electron chi connectivity index (χ2n) is 5.59. The first-order valence-corrected chi connectivity index (χ1v) is 7.86. The molecule has 0 saturated carbocycles. The summed E-state index contributed by atoms with van der Waals surface area (Å²) >= 11 is 0. The highest BCUT2D eigenvalue weighted by Gasteiger charge is 2.14. The van der Waals surface area contributed by atoms with Crippen LogP contribution in [0.15, 0.2) is 48.5 Å². The molecule has 0 bridgehead atoms. The molecule has 2 aromatic rings. The predicted molar refractivity (Wildman–Crippen MR) is 91.0 cm³/mol. The molecule has 0 heterocycles. The maximum atomic E-state index is 13.2. The monoisotopic (exact) mass is 328 g/mol. The number of carbonyl (C=O) groups excluding carboxylic acids is 2. The average Bonchev–Trinajstić information content (AvgIpc) is 2.57. The van der Waals surface area contributed by atoms with Crippen LogP contribution in [0, 0.1) is 12.7 Å². The molecule has 24 heavy (non-hydrogen) atoms. The summed E-state index contributed by atoms with van der Waals surface area (Å²) in [6.45, 7) is 4.46. The highest BCUT2D eigenvalue weighted by molar-refractivity contribution is 5.96. The van der Waals surface area contributed by atoms with Crippen molar-refractivity contribution in [3.63, 3.8) is 0 Å². The number of nitrogens with one attached hydrogen (secondary N) is 1. The average molecular weight is 328 g/mol. The fraction of sp³-hybridized carbons (Fsp3) is 0.263. The number of hydrogen-bond acceptors (Lipinski definition) is 2. The minimum Gasteiger partial charge on any atom is -0.343 e. The number of carbonyl (C=O) groups is 2. The second-order valence-corrected chi connectivity index (χ2v) is 5.59. The molecule has 0 spiro atoms. The van der Waals surface area contributed by atoms with Crippen molar-refractivity contribution in [2.75, 3.05) is 13.1 Å². The number of nitrogens with zero attached hydrogens (tertiary/aromatic N) is 1. The van der Waals surface area contributed by atoms with Crippen LogP contribution in [0.2, 0.25) is 0 Å². The van der Waals surface area contributed by atoms with Crippen LogP contribution in [0.5, 0.6) is 0 Å². The lowest BCUT2D eigenvalue weighted by molar-refractivity contribution is -0.130. The fourth-order valence-corrected chi connectivity index (χ4v) is 2.39. The van der Waals surface area contributed by atoms with Gasteiger partial charge in [-0.3, -0.25) is 9.59 Å². The normalized spacial score (nSPS) is 10.3. The summed E-state index contributed by atoms with van der Waals surface area (Å²) in [5.74, 6) is -0.819. The summed E-state index contributed by atoms with van der Waals surface area (Å²) in [5.41, 5.74) is 2.22. The lowest BCUT2D eigenvalue weighted by Crippen LogP contribution is -2.39. The summed E-state index contributed by atoms with van der Waals surface area (Å²) in [5, 5.41) is 2.63. The van der Waals surface area contributed by atoms with Gasteiger partial charge in [0, 0.05) is 18.7 Å².